The summed E-state index contributed by atoms with van der Waals surface area (Å²) in [6.45, 7) is 11.0. The van der Waals surface area contributed by atoms with E-state index in [1.54, 1.807) is 7.11 Å². The molecule has 0 N–H and O–H groups in total. The van der Waals surface area contributed by atoms with E-state index in [4.69, 9.17) is 14.2 Å². The predicted octanol–water partition coefficient (Wildman–Crippen LogP) is 17.5. The Morgan fingerprint density at radius 2 is 0.880 bits per heavy atom. The first-order valence-electron chi connectivity index (χ1n) is 25.5. The number of para-hydroxylation sites is 2. The third-order valence-corrected chi connectivity index (χ3v) is 15.2. The molecule has 0 unspecified atom stereocenters. The minimum Gasteiger partial charge on any atom is -0.497 e. The highest BCUT2D eigenvalue weighted by Gasteiger charge is 2.36. The summed E-state index contributed by atoms with van der Waals surface area (Å²) in [7, 11) is 1.70. The van der Waals surface area contributed by atoms with Crippen molar-refractivity contribution in [3.05, 3.63) is 257 Å². The van der Waals surface area contributed by atoms with Crippen LogP contribution in [0.5, 0.6) is 17.2 Å². The molecule has 0 atom stereocenters. The van der Waals surface area contributed by atoms with Gasteiger partial charge in [-0.3, -0.25) is 4.79 Å². The maximum Gasteiger partial charge on any atom is 0.230 e. The van der Waals surface area contributed by atoms with E-state index in [1.165, 1.54) is 22.3 Å². The highest BCUT2D eigenvalue weighted by Crippen LogP contribution is 2.51. The molecule has 12 rings (SSSR count). The number of benzene rings is 10. The van der Waals surface area contributed by atoms with Crippen molar-refractivity contribution in [3.8, 4) is 56.3 Å². The molecule has 0 bridgehead atoms. The van der Waals surface area contributed by atoms with Crippen LogP contribution in [0, 0.1) is 20.8 Å². The van der Waals surface area contributed by atoms with Crippen LogP contribution in [0.2, 0.25) is 0 Å². The van der Waals surface area contributed by atoms with Crippen molar-refractivity contribution in [2.24, 2.45) is 0 Å². The second-order valence-electron chi connectivity index (χ2n) is 20.1. The summed E-state index contributed by atoms with van der Waals surface area (Å²) in [4.78, 5) is 16.6. The third-order valence-electron chi connectivity index (χ3n) is 15.2. The Morgan fingerprint density at radius 3 is 1.37 bits per heavy atom. The maximum atomic E-state index is 14.3. The number of carbonyl (C=O) groups excluding carboxylic acids is 1. The number of ether oxygens (including phenoxy) is 3. The van der Waals surface area contributed by atoms with Crippen molar-refractivity contribution in [2.75, 3.05) is 18.8 Å². The van der Waals surface area contributed by atoms with Gasteiger partial charge < -0.3 is 23.7 Å². The molecular formula is C69H56N2O4. The SMILES string of the molecule is COc1ccc(-c2ccc3c4ccc(-c5ccc(OCOc6ccc(-c7ccccc7)c(C)c6)cc5C)cc4n(-c4ccc(C(=O)c5ccc(N6c7ccccc7C(C)(C)c7ccccc76)cc5)cc4)c3c2)c(C)c1. The zero-order chi connectivity index (χ0) is 51.4. The summed E-state index contributed by atoms with van der Waals surface area (Å²) in [6.07, 6.45) is 0. The van der Waals surface area contributed by atoms with Crippen molar-refractivity contribution in [3.63, 3.8) is 0 Å². The van der Waals surface area contributed by atoms with Crippen LogP contribution in [-0.2, 0) is 5.41 Å². The molecule has 0 saturated heterocycles. The number of carbonyl (C=O) groups is 1. The maximum absolute atomic E-state index is 14.3. The van der Waals surface area contributed by atoms with Crippen LogP contribution in [-0.4, -0.2) is 24.3 Å². The quantitative estimate of drug-likeness (QED) is 0.0902. The Hall–Kier alpha value is -9.13. The summed E-state index contributed by atoms with van der Waals surface area (Å²) < 4.78 is 20.1. The zero-order valence-corrected chi connectivity index (χ0v) is 43.0. The zero-order valence-electron chi connectivity index (χ0n) is 43.0. The Morgan fingerprint density at radius 1 is 0.440 bits per heavy atom. The molecule has 2 heterocycles. The minimum absolute atomic E-state index is 0.0301. The fourth-order valence-corrected chi connectivity index (χ4v) is 11.2. The van der Waals surface area contributed by atoms with Gasteiger partial charge in [-0.25, -0.2) is 0 Å². The summed E-state index contributed by atoms with van der Waals surface area (Å²) in [5.74, 6) is 2.30. The molecule has 0 saturated carbocycles. The summed E-state index contributed by atoms with van der Waals surface area (Å²) in [5.41, 5.74) is 20.2. The van der Waals surface area contributed by atoms with Gasteiger partial charge in [0.1, 0.15) is 17.2 Å². The van der Waals surface area contributed by atoms with Gasteiger partial charge >= 0.3 is 0 Å². The molecule has 0 radical (unpaired) electrons. The van der Waals surface area contributed by atoms with Crippen LogP contribution in [0.3, 0.4) is 0 Å². The lowest BCUT2D eigenvalue weighted by molar-refractivity contribution is 0.103. The minimum atomic E-state index is -0.152. The smallest absolute Gasteiger partial charge is 0.230 e. The molecule has 75 heavy (non-hydrogen) atoms. The first kappa shape index (κ1) is 46.9. The molecule has 1 aliphatic heterocycles. The molecule has 6 heteroatoms. The topological polar surface area (TPSA) is 52.9 Å². The van der Waals surface area contributed by atoms with Gasteiger partial charge in [0.05, 0.1) is 29.5 Å². The van der Waals surface area contributed by atoms with Crippen molar-refractivity contribution in [1.29, 1.82) is 0 Å². The van der Waals surface area contributed by atoms with Gasteiger partial charge in [0.2, 0.25) is 6.79 Å². The van der Waals surface area contributed by atoms with Crippen molar-refractivity contribution < 1.29 is 19.0 Å². The summed E-state index contributed by atoms with van der Waals surface area (Å²) >= 11 is 0. The van der Waals surface area contributed by atoms with E-state index >= 15 is 0 Å². The number of hydrogen-bond acceptors (Lipinski definition) is 5. The molecule has 0 amide bonds. The second kappa shape index (κ2) is 19.0. The molecule has 0 fully saturated rings. The number of nitrogens with zero attached hydrogens (tertiary/aromatic N) is 2. The fourth-order valence-electron chi connectivity index (χ4n) is 11.2. The number of rotatable bonds is 12. The molecule has 1 aliphatic rings. The second-order valence-corrected chi connectivity index (χ2v) is 20.1. The number of ketones is 1. The average molecular weight is 977 g/mol. The molecule has 1 aromatic heterocycles. The number of anilines is 3. The molecule has 6 nitrogen and oxygen atoms in total. The van der Waals surface area contributed by atoms with Gasteiger partial charge in [-0.15, -0.1) is 0 Å². The van der Waals surface area contributed by atoms with Crippen LogP contribution in [0.15, 0.2) is 218 Å². The monoisotopic (exact) mass is 976 g/mol. The van der Waals surface area contributed by atoms with Crippen LogP contribution < -0.4 is 19.1 Å². The highest BCUT2D eigenvalue weighted by molar-refractivity contribution is 6.12. The van der Waals surface area contributed by atoms with Crippen LogP contribution in [0.1, 0.15) is 57.6 Å². The largest absolute Gasteiger partial charge is 0.497 e. The first-order valence-corrected chi connectivity index (χ1v) is 25.5. The van der Waals surface area contributed by atoms with Crippen LogP contribution >= 0.6 is 0 Å². The van der Waals surface area contributed by atoms with E-state index in [0.29, 0.717) is 11.1 Å². The van der Waals surface area contributed by atoms with Crippen molar-refractivity contribution >= 4 is 44.7 Å². The first-order chi connectivity index (χ1) is 36.5. The normalized spacial score (nSPS) is 12.6. The Labute approximate surface area is 438 Å². The lowest BCUT2D eigenvalue weighted by Crippen LogP contribution is -2.30. The Balaban J connectivity index is 0.850. The molecule has 366 valence electrons. The lowest BCUT2D eigenvalue weighted by atomic mass is 9.73. The van der Waals surface area contributed by atoms with E-state index in [9.17, 15) is 4.79 Å². The Kier molecular flexibility index (Phi) is 11.9. The van der Waals surface area contributed by atoms with E-state index in [-0.39, 0.29) is 18.0 Å². The molecule has 0 spiro atoms. The summed E-state index contributed by atoms with van der Waals surface area (Å²) in [5, 5.41) is 2.27. The average Bonchev–Trinajstić information content (AvgIpc) is 3.76. The van der Waals surface area contributed by atoms with Crippen LogP contribution in [0.25, 0.3) is 60.9 Å². The van der Waals surface area contributed by atoms with Gasteiger partial charge in [0.25, 0.3) is 0 Å². The summed E-state index contributed by atoms with van der Waals surface area (Å²) in [6, 6.07) is 75.7. The molecule has 10 aromatic carbocycles. The number of aromatic nitrogens is 1. The number of methoxy groups -OCH3 is 1. The lowest BCUT2D eigenvalue weighted by Gasteiger charge is -2.42. The predicted molar refractivity (Wildman–Crippen MR) is 307 cm³/mol. The molecule has 11 aromatic rings. The number of hydrogen-bond donors (Lipinski definition) is 0. The standard InChI is InChI=1S/C69H56N2O4/c1-44-38-54(73-6)30-35-58(44)50-24-33-60-61-34-25-51(59-37-32-56(40-46(59)3)75-43-74-55-31-36-57(45(2)39-55)47-14-8-7-9-15-47)42-67(61)71(66(60)41-50)53-28-22-49(23-29-53)68(72)48-20-26-52(27-21-48)70-64-18-12-10-16-62(64)69(4,5)63-17-11-13-19-65(63)70/h7-42H,43H2,1-6H3. The van der Waals surface area contributed by atoms with E-state index in [1.807, 2.05) is 48.5 Å². The number of aryl methyl sites for hydroxylation is 3. The fraction of sp³-hybridized carbons (Fsp3) is 0.116. The van der Waals surface area contributed by atoms with Gasteiger partial charge in [-0.1, -0.05) is 123 Å². The van der Waals surface area contributed by atoms with Crippen LogP contribution in [0.4, 0.5) is 17.1 Å². The van der Waals surface area contributed by atoms with Crippen molar-refractivity contribution in [1.82, 2.24) is 4.57 Å². The third kappa shape index (κ3) is 8.48. The van der Waals surface area contributed by atoms with Gasteiger partial charge in [-0.2, -0.15) is 0 Å². The van der Waals surface area contributed by atoms with Gasteiger partial charge in [0, 0.05) is 38.7 Å². The Bertz CT molecular complexity index is 3930. The molecular weight excluding hydrogens is 921 g/mol. The highest BCUT2D eigenvalue weighted by atomic mass is 16.7. The van der Waals surface area contributed by atoms with E-state index < -0.39 is 0 Å². The van der Waals surface area contributed by atoms with Gasteiger partial charge in [0.15, 0.2) is 5.78 Å². The van der Waals surface area contributed by atoms with E-state index in [0.717, 1.165) is 101 Å². The van der Waals surface area contributed by atoms with E-state index in [2.05, 4.69) is 214 Å². The van der Waals surface area contributed by atoms with Crippen molar-refractivity contribution in [2.45, 2.75) is 40.0 Å². The number of fused-ring (bicyclic) bond motifs is 5. The van der Waals surface area contributed by atoms with Gasteiger partial charge in [-0.05, 0) is 191 Å². The molecule has 0 aliphatic carbocycles.